The highest BCUT2D eigenvalue weighted by Gasteiger charge is 2.55. The fraction of sp³-hybridized carbons (Fsp3) is 0.850. The van der Waals surface area contributed by atoms with Crippen molar-refractivity contribution in [3.63, 3.8) is 0 Å². The number of amides is 4. The number of hydrogen-bond donors (Lipinski definition) is 2. The van der Waals surface area contributed by atoms with Gasteiger partial charge in [-0.15, -0.1) is 0 Å². The molecule has 4 fully saturated rings. The molecular weight excluding hydrogens is 344 g/mol. The monoisotopic (exact) mass is 376 g/mol. The SMILES string of the molecule is C[C@H]1CN(C(=O)CCC2(C3CC3)NC(=O)NC2=O)CCN1C1CCCCC1. The Morgan fingerprint density at radius 2 is 1.85 bits per heavy atom. The molecule has 2 aliphatic carbocycles. The predicted octanol–water partition coefficient (Wildman–Crippen LogP) is 1.62. The molecule has 0 aromatic heterocycles. The van der Waals surface area contributed by atoms with Crippen LogP contribution in [0.15, 0.2) is 0 Å². The average molecular weight is 377 g/mol. The molecule has 2 aliphatic heterocycles. The molecule has 2 N–H and O–H groups in total. The van der Waals surface area contributed by atoms with Gasteiger partial charge in [-0.25, -0.2) is 4.79 Å². The first-order valence-corrected chi connectivity index (χ1v) is 10.7. The van der Waals surface area contributed by atoms with Crippen LogP contribution in [-0.4, -0.2) is 64.9 Å². The number of rotatable bonds is 5. The summed E-state index contributed by atoms with van der Waals surface area (Å²) in [6, 6.07) is 0.647. The van der Waals surface area contributed by atoms with Crippen molar-refractivity contribution in [2.45, 2.75) is 82.3 Å². The van der Waals surface area contributed by atoms with Crippen LogP contribution < -0.4 is 10.6 Å². The van der Waals surface area contributed by atoms with Crippen molar-refractivity contribution in [3.05, 3.63) is 0 Å². The number of nitrogens with one attached hydrogen (secondary N) is 2. The van der Waals surface area contributed by atoms with E-state index in [-0.39, 0.29) is 17.7 Å². The van der Waals surface area contributed by atoms with Crippen LogP contribution in [-0.2, 0) is 9.59 Å². The Morgan fingerprint density at radius 3 is 2.44 bits per heavy atom. The summed E-state index contributed by atoms with van der Waals surface area (Å²) >= 11 is 0. The lowest BCUT2D eigenvalue weighted by Gasteiger charge is -2.45. The van der Waals surface area contributed by atoms with Crippen molar-refractivity contribution in [1.29, 1.82) is 0 Å². The molecule has 150 valence electrons. The fourth-order valence-corrected chi connectivity index (χ4v) is 5.36. The van der Waals surface area contributed by atoms with Gasteiger partial charge in [0.15, 0.2) is 0 Å². The summed E-state index contributed by atoms with van der Waals surface area (Å²) in [6.07, 6.45) is 9.20. The zero-order valence-corrected chi connectivity index (χ0v) is 16.3. The number of carbonyl (C=O) groups excluding carboxylic acids is 3. The molecule has 4 rings (SSSR count). The van der Waals surface area contributed by atoms with Gasteiger partial charge in [-0.2, -0.15) is 0 Å². The third-order valence-electron chi connectivity index (χ3n) is 7.05. The second-order valence-corrected chi connectivity index (χ2v) is 8.87. The van der Waals surface area contributed by atoms with Crippen molar-refractivity contribution in [2.24, 2.45) is 5.92 Å². The highest BCUT2D eigenvalue weighted by Crippen LogP contribution is 2.43. The van der Waals surface area contributed by atoms with Crippen molar-refractivity contribution < 1.29 is 14.4 Å². The molecule has 2 saturated carbocycles. The van der Waals surface area contributed by atoms with Crippen LogP contribution in [0.3, 0.4) is 0 Å². The van der Waals surface area contributed by atoms with Gasteiger partial charge in [0.1, 0.15) is 5.54 Å². The van der Waals surface area contributed by atoms with Gasteiger partial charge in [0.2, 0.25) is 5.91 Å². The molecule has 0 aromatic rings. The van der Waals surface area contributed by atoms with Gasteiger partial charge in [-0.05, 0) is 44.9 Å². The van der Waals surface area contributed by atoms with Gasteiger partial charge in [-0.3, -0.25) is 19.8 Å². The molecule has 1 unspecified atom stereocenters. The van der Waals surface area contributed by atoms with Gasteiger partial charge >= 0.3 is 6.03 Å². The van der Waals surface area contributed by atoms with Crippen LogP contribution in [0.25, 0.3) is 0 Å². The van der Waals surface area contributed by atoms with E-state index in [9.17, 15) is 14.4 Å². The Kier molecular flexibility index (Phi) is 5.14. The lowest BCUT2D eigenvalue weighted by molar-refractivity contribution is -0.135. The Bertz CT molecular complexity index is 614. The molecule has 4 aliphatic rings. The van der Waals surface area contributed by atoms with Crippen molar-refractivity contribution >= 4 is 17.8 Å². The summed E-state index contributed by atoms with van der Waals surface area (Å²) in [5.41, 5.74) is -0.859. The van der Waals surface area contributed by atoms with Crippen LogP contribution in [0.2, 0.25) is 0 Å². The first-order chi connectivity index (χ1) is 13.0. The second kappa shape index (κ2) is 7.41. The van der Waals surface area contributed by atoms with E-state index in [0.717, 1.165) is 32.5 Å². The summed E-state index contributed by atoms with van der Waals surface area (Å²) in [4.78, 5) is 41.3. The first kappa shape index (κ1) is 18.7. The van der Waals surface area contributed by atoms with Crippen LogP contribution in [0.1, 0.15) is 64.7 Å². The number of imide groups is 1. The molecule has 7 nitrogen and oxygen atoms in total. The molecule has 0 spiro atoms. The average Bonchev–Trinajstić information content (AvgIpc) is 3.47. The van der Waals surface area contributed by atoms with Crippen LogP contribution >= 0.6 is 0 Å². The maximum Gasteiger partial charge on any atom is 0.322 e. The molecule has 4 amide bonds. The second-order valence-electron chi connectivity index (χ2n) is 8.87. The molecule has 2 atom stereocenters. The molecule has 2 heterocycles. The standard InChI is InChI=1S/C20H32N4O3/c1-14-13-23(11-12-24(14)16-5-3-2-4-6-16)17(25)9-10-20(15-7-8-15)18(26)21-19(27)22-20/h14-16H,2-13H2,1H3,(H2,21,22,26,27)/t14-,20?/m0/s1. The van der Waals surface area contributed by atoms with E-state index in [1.807, 2.05) is 4.90 Å². The molecule has 27 heavy (non-hydrogen) atoms. The summed E-state index contributed by atoms with van der Waals surface area (Å²) in [6.45, 7) is 4.71. The largest absolute Gasteiger partial charge is 0.340 e. The van der Waals surface area contributed by atoms with E-state index in [1.54, 1.807) is 0 Å². The molecule has 0 radical (unpaired) electrons. The smallest absolute Gasteiger partial charge is 0.322 e. The van der Waals surface area contributed by atoms with E-state index in [4.69, 9.17) is 0 Å². The quantitative estimate of drug-likeness (QED) is 0.715. The zero-order valence-electron chi connectivity index (χ0n) is 16.3. The fourth-order valence-electron chi connectivity index (χ4n) is 5.36. The van der Waals surface area contributed by atoms with E-state index >= 15 is 0 Å². The van der Waals surface area contributed by atoms with Crippen LogP contribution in [0.5, 0.6) is 0 Å². The summed E-state index contributed by atoms with van der Waals surface area (Å²) < 4.78 is 0. The van der Waals surface area contributed by atoms with Gasteiger partial charge < -0.3 is 10.2 Å². The summed E-state index contributed by atoms with van der Waals surface area (Å²) in [5.74, 6) is 0.0382. The Balaban J connectivity index is 1.31. The minimum Gasteiger partial charge on any atom is -0.340 e. The molecule has 0 aromatic carbocycles. The minimum absolute atomic E-state index is 0.110. The summed E-state index contributed by atoms with van der Waals surface area (Å²) in [7, 11) is 0. The lowest BCUT2D eigenvalue weighted by Crippen LogP contribution is -2.57. The van der Waals surface area contributed by atoms with Gasteiger partial charge in [0.05, 0.1) is 0 Å². The Morgan fingerprint density at radius 1 is 1.11 bits per heavy atom. The molecule has 0 bridgehead atoms. The van der Waals surface area contributed by atoms with Crippen molar-refractivity contribution in [3.8, 4) is 0 Å². The third kappa shape index (κ3) is 3.71. The minimum atomic E-state index is -0.859. The zero-order chi connectivity index (χ0) is 19.0. The number of hydrogen-bond acceptors (Lipinski definition) is 4. The maximum atomic E-state index is 12.8. The molecule has 2 saturated heterocycles. The van der Waals surface area contributed by atoms with E-state index < -0.39 is 11.6 Å². The van der Waals surface area contributed by atoms with Crippen molar-refractivity contribution in [2.75, 3.05) is 19.6 Å². The lowest BCUT2D eigenvalue weighted by atomic mass is 9.87. The number of urea groups is 1. The predicted molar refractivity (Wildman–Crippen MR) is 101 cm³/mol. The maximum absolute atomic E-state index is 12.8. The highest BCUT2D eigenvalue weighted by atomic mass is 16.2. The topological polar surface area (TPSA) is 81.8 Å². The van der Waals surface area contributed by atoms with E-state index in [1.165, 1.54) is 32.1 Å². The summed E-state index contributed by atoms with van der Waals surface area (Å²) in [5, 5.41) is 5.18. The van der Waals surface area contributed by atoms with E-state index in [2.05, 4.69) is 22.5 Å². The number of nitrogens with zero attached hydrogens (tertiary/aromatic N) is 2. The molecule has 7 heteroatoms. The number of piperazine rings is 1. The van der Waals surface area contributed by atoms with Crippen molar-refractivity contribution in [1.82, 2.24) is 20.4 Å². The van der Waals surface area contributed by atoms with Gasteiger partial charge in [-0.1, -0.05) is 19.3 Å². The van der Waals surface area contributed by atoms with Gasteiger partial charge in [0, 0.05) is 38.1 Å². The number of carbonyl (C=O) groups is 3. The normalized spacial score (nSPS) is 33.1. The molecular formula is C20H32N4O3. The first-order valence-electron chi connectivity index (χ1n) is 10.7. The van der Waals surface area contributed by atoms with Crippen LogP contribution in [0, 0.1) is 5.92 Å². The Labute approximate surface area is 161 Å². The van der Waals surface area contributed by atoms with Gasteiger partial charge in [0.25, 0.3) is 5.91 Å². The third-order valence-corrected chi connectivity index (χ3v) is 7.05. The van der Waals surface area contributed by atoms with E-state index in [0.29, 0.717) is 24.9 Å². The Hall–Kier alpha value is -1.63. The van der Waals surface area contributed by atoms with Crippen LogP contribution in [0.4, 0.5) is 4.79 Å². The highest BCUT2D eigenvalue weighted by molar-refractivity contribution is 6.07.